The van der Waals surface area contributed by atoms with Gasteiger partial charge in [0.05, 0.1) is 6.61 Å². The molecule has 1 saturated heterocycles. The Labute approximate surface area is 124 Å². The fourth-order valence-corrected chi connectivity index (χ4v) is 2.55. The second-order valence-corrected chi connectivity index (χ2v) is 5.55. The predicted molar refractivity (Wildman–Crippen MR) is 78.9 cm³/mol. The maximum atomic E-state index is 5.92. The Bertz CT molecular complexity index is 435. The smallest absolute Gasteiger partial charge is 0.322 e. The standard InChI is InChI=1S/C13H22ClN5O/c1-4-8-20-13-16-11(14)15-12(17-13)18-19-9(2)6-5-7-10(19)3/h9-10H,4-8H2,1-3H3,(H,15,16,17,18). The Morgan fingerprint density at radius 3 is 2.60 bits per heavy atom. The zero-order chi connectivity index (χ0) is 14.5. The second-order valence-electron chi connectivity index (χ2n) is 5.21. The van der Waals surface area contributed by atoms with Crippen LogP contribution >= 0.6 is 11.6 Å². The third kappa shape index (κ3) is 3.93. The number of nitrogens with zero attached hydrogens (tertiary/aromatic N) is 4. The molecule has 1 aromatic rings. The number of rotatable bonds is 5. The second kappa shape index (κ2) is 7.04. The SMILES string of the molecule is CCCOc1nc(Cl)nc(NN2C(C)CCCC2C)n1. The van der Waals surface area contributed by atoms with Crippen LogP contribution in [0.1, 0.15) is 46.5 Å². The largest absolute Gasteiger partial charge is 0.463 e. The van der Waals surface area contributed by atoms with Crippen molar-refractivity contribution in [3.05, 3.63) is 5.28 Å². The summed E-state index contributed by atoms with van der Waals surface area (Å²) in [5.74, 6) is 0.441. The van der Waals surface area contributed by atoms with Crippen LogP contribution in [0.4, 0.5) is 5.95 Å². The maximum Gasteiger partial charge on any atom is 0.322 e. The van der Waals surface area contributed by atoms with E-state index in [0.717, 1.165) is 19.3 Å². The van der Waals surface area contributed by atoms with Crippen LogP contribution in [0.5, 0.6) is 6.01 Å². The Morgan fingerprint density at radius 1 is 1.25 bits per heavy atom. The molecule has 2 unspecified atom stereocenters. The number of halogens is 1. The number of hydrogen-bond acceptors (Lipinski definition) is 6. The zero-order valence-electron chi connectivity index (χ0n) is 12.3. The van der Waals surface area contributed by atoms with Crippen LogP contribution in [0.2, 0.25) is 5.28 Å². The van der Waals surface area contributed by atoms with E-state index in [0.29, 0.717) is 24.6 Å². The molecule has 20 heavy (non-hydrogen) atoms. The van der Waals surface area contributed by atoms with E-state index in [9.17, 15) is 0 Å². The highest BCUT2D eigenvalue weighted by atomic mass is 35.5. The monoisotopic (exact) mass is 299 g/mol. The molecule has 0 bridgehead atoms. The number of hydrogen-bond donors (Lipinski definition) is 1. The van der Waals surface area contributed by atoms with Gasteiger partial charge < -0.3 is 4.74 Å². The molecule has 6 nitrogen and oxygen atoms in total. The molecule has 112 valence electrons. The van der Waals surface area contributed by atoms with Crippen molar-refractivity contribution in [2.75, 3.05) is 12.0 Å². The van der Waals surface area contributed by atoms with E-state index in [4.69, 9.17) is 16.3 Å². The summed E-state index contributed by atoms with van der Waals surface area (Å²) in [5, 5.41) is 2.32. The lowest BCUT2D eigenvalue weighted by Gasteiger charge is -2.38. The average Bonchev–Trinajstić information content (AvgIpc) is 2.40. The topological polar surface area (TPSA) is 63.2 Å². The Hall–Kier alpha value is -1.14. The van der Waals surface area contributed by atoms with Crippen molar-refractivity contribution in [3.8, 4) is 6.01 Å². The van der Waals surface area contributed by atoms with Crippen LogP contribution in [0.15, 0.2) is 0 Å². The van der Waals surface area contributed by atoms with E-state index in [1.54, 1.807) is 0 Å². The number of anilines is 1. The Balaban J connectivity index is 2.09. The molecule has 1 aliphatic heterocycles. The number of nitrogens with one attached hydrogen (secondary N) is 1. The summed E-state index contributed by atoms with van der Waals surface area (Å²) >= 11 is 5.92. The van der Waals surface area contributed by atoms with E-state index >= 15 is 0 Å². The summed E-state index contributed by atoms with van der Waals surface area (Å²) < 4.78 is 5.41. The maximum absolute atomic E-state index is 5.92. The number of hydrazine groups is 1. The van der Waals surface area contributed by atoms with Crippen LogP contribution in [0.3, 0.4) is 0 Å². The van der Waals surface area contributed by atoms with Gasteiger partial charge in [0, 0.05) is 12.1 Å². The molecule has 0 spiro atoms. The highest BCUT2D eigenvalue weighted by molar-refractivity contribution is 6.28. The lowest BCUT2D eigenvalue weighted by atomic mass is 10.00. The van der Waals surface area contributed by atoms with E-state index < -0.39 is 0 Å². The van der Waals surface area contributed by atoms with Crippen LogP contribution in [0.25, 0.3) is 0 Å². The summed E-state index contributed by atoms with van der Waals surface area (Å²) in [6.45, 7) is 6.98. The molecule has 0 aliphatic carbocycles. The molecular weight excluding hydrogens is 278 g/mol. The summed E-state index contributed by atoms with van der Waals surface area (Å²) in [6.07, 6.45) is 4.47. The normalized spacial score (nSPS) is 23.6. The summed E-state index contributed by atoms with van der Waals surface area (Å²) in [5.41, 5.74) is 3.24. The van der Waals surface area contributed by atoms with Crippen LogP contribution < -0.4 is 10.2 Å². The summed E-state index contributed by atoms with van der Waals surface area (Å²) in [6, 6.07) is 1.15. The van der Waals surface area contributed by atoms with Gasteiger partial charge in [0.1, 0.15) is 0 Å². The van der Waals surface area contributed by atoms with Crippen molar-refractivity contribution in [1.29, 1.82) is 0 Å². The van der Waals surface area contributed by atoms with E-state index in [1.807, 2.05) is 6.92 Å². The van der Waals surface area contributed by atoms with Crippen LogP contribution in [0, 0.1) is 0 Å². The van der Waals surface area contributed by atoms with Crippen molar-refractivity contribution in [3.63, 3.8) is 0 Å². The molecule has 2 rings (SSSR count). The van der Waals surface area contributed by atoms with E-state index in [1.165, 1.54) is 6.42 Å². The molecule has 7 heteroatoms. The summed E-state index contributed by atoms with van der Waals surface area (Å²) in [4.78, 5) is 12.3. The minimum absolute atomic E-state index is 0.144. The number of ether oxygens (including phenoxy) is 1. The van der Waals surface area contributed by atoms with Gasteiger partial charge in [-0.3, -0.25) is 5.43 Å². The molecule has 1 aromatic heterocycles. The van der Waals surface area contributed by atoms with Gasteiger partial charge in [-0.05, 0) is 44.7 Å². The zero-order valence-corrected chi connectivity index (χ0v) is 13.0. The molecule has 0 saturated carbocycles. The van der Waals surface area contributed by atoms with Crippen molar-refractivity contribution < 1.29 is 4.74 Å². The van der Waals surface area contributed by atoms with Gasteiger partial charge >= 0.3 is 6.01 Å². The number of piperidine rings is 1. The van der Waals surface area contributed by atoms with Gasteiger partial charge in [-0.1, -0.05) is 13.3 Å². The first-order valence-electron chi connectivity index (χ1n) is 7.19. The highest BCUT2D eigenvalue weighted by Crippen LogP contribution is 2.23. The van der Waals surface area contributed by atoms with Gasteiger partial charge in [-0.15, -0.1) is 0 Å². The quantitative estimate of drug-likeness (QED) is 0.902. The molecule has 0 aromatic carbocycles. The lowest BCUT2D eigenvalue weighted by Crippen LogP contribution is -2.47. The van der Waals surface area contributed by atoms with Gasteiger partial charge in [0.15, 0.2) is 0 Å². The minimum atomic E-state index is 0.144. The number of aromatic nitrogens is 3. The van der Waals surface area contributed by atoms with Crippen molar-refractivity contribution in [1.82, 2.24) is 20.0 Å². The first kappa shape index (κ1) is 15.3. The lowest BCUT2D eigenvalue weighted by molar-refractivity contribution is 0.134. The molecule has 0 amide bonds. The molecule has 1 fully saturated rings. The molecule has 2 atom stereocenters. The molecule has 1 aliphatic rings. The fraction of sp³-hybridized carbons (Fsp3) is 0.769. The fourth-order valence-electron chi connectivity index (χ4n) is 2.40. The van der Waals surface area contributed by atoms with Crippen LogP contribution in [-0.2, 0) is 0 Å². The predicted octanol–water partition coefficient (Wildman–Crippen LogP) is 2.90. The third-order valence-corrected chi connectivity index (χ3v) is 3.61. The first-order chi connectivity index (χ1) is 9.60. The Morgan fingerprint density at radius 2 is 1.95 bits per heavy atom. The highest BCUT2D eigenvalue weighted by Gasteiger charge is 2.25. The summed E-state index contributed by atoms with van der Waals surface area (Å²) in [7, 11) is 0. The third-order valence-electron chi connectivity index (χ3n) is 3.45. The van der Waals surface area contributed by atoms with Crippen molar-refractivity contribution in [2.45, 2.75) is 58.5 Å². The molecule has 1 N–H and O–H groups in total. The van der Waals surface area contributed by atoms with Gasteiger partial charge in [0.25, 0.3) is 0 Å². The van der Waals surface area contributed by atoms with Crippen LogP contribution in [-0.4, -0.2) is 38.7 Å². The van der Waals surface area contributed by atoms with Gasteiger partial charge in [-0.2, -0.15) is 15.0 Å². The van der Waals surface area contributed by atoms with Gasteiger partial charge in [0.2, 0.25) is 11.2 Å². The first-order valence-corrected chi connectivity index (χ1v) is 7.57. The van der Waals surface area contributed by atoms with Gasteiger partial charge in [-0.25, -0.2) is 5.01 Å². The minimum Gasteiger partial charge on any atom is -0.463 e. The molecular formula is C13H22ClN5O. The average molecular weight is 300 g/mol. The van der Waals surface area contributed by atoms with E-state index in [-0.39, 0.29) is 11.3 Å². The van der Waals surface area contributed by atoms with E-state index in [2.05, 4.69) is 39.2 Å². The van der Waals surface area contributed by atoms with Crippen molar-refractivity contribution in [2.24, 2.45) is 0 Å². The molecule has 0 radical (unpaired) electrons. The Kier molecular flexibility index (Phi) is 5.37. The van der Waals surface area contributed by atoms with Crippen molar-refractivity contribution >= 4 is 17.5 Å². The molecule has 2 heterocycles.